The fourth-order valence-corrected chi connectivity index (χ4v) is 4.68. The van der Waals surface area contributed by atoms with Crippen LogP contribution in [0.25, 0.3) is 28.1 Å². The summed E-state index contributed by atoms with van der Waals surface area (Å²) in [5, 5.41) is 10.7. The van der Waals surface area contributed by atoms with Gasteiger partial charge in [0.25, 0.3) is 0 Å². The minimum absolute atomic E-state index is 0.217. The Labute approximate surface area is 215 Å². The smallest absolute Gasteiger partial charge is 0.187 e. The summed E-state index contributed by atoms with van der Waals surface area (Å²) in [7, 11) is 1.59. The molecule has 0 saturated carbocycles. The highest BCUT2D eigenvalue weighted by atomic mass is 32.1. The lowest BCUT2D eigenvalue weighted by atomic mass is 10.2. The first-order valence-electron chi connectivity index (χ1n) is 11.5. The first-order chi connectivity index (χ1) is 17.9. The topological polar surface area (TPSA) is 86.7 Å². The van der Waals surface area contributed by atoms with E-state index in [9.17, 15) is 4.39 Å². The summed E-state index contributed by atoms with van der Waals surface area (Å²) in [6.45, 7) is 4.06. The maximum atomic E-state index is 14.1. The summed E-state index contributed by atoms with van der Waals surface area (Å²) in [6, 6.07) is 14.3. The molecule has 0 spiro atoms. The molecule has 6 rings (SSSR count). The van der Waals surface area contributed by atoms with Gasteiger partial charge in [0.2, 0.25) is 0 Å². The number of hydrogen-bond donors (Lipinski definition) is 1. The van der Waals surface area contributed by atoms with Gasteiger partial charge < -0.3 is 19.2 Å². The number of ether oxygens (including phenoxy) is 2. The zero-order chi connectivity index (χ0) is 25.5. The van der Waals surface area contributed by atoms with Crippen molar-refractivity contribution in [2.75, 3.05) is 12.4 Å². The largest absolute Gasteiger partial charge is 0.496 e. The number of nitrogens with zero attached hydrogens (tertiary/aromatic N) is 4. The molecule has 0 radical (unpaired) electrons. The van der Waals surface area contributed by atoms with E-state index in [1.807, 2.05) is 55.8 Å². The Kier molecular flexibility index (Phi) is 5.72. The molecule has 0 saturated heterocycles. The van der Waals surface area contributed by atoms with Gasteiger partial charge in [-0.3, -0.25) is 0 Å². The van der Waals surface area contributed by atoms with E-state index in [2.05, 4.69) is 20.4 Å². The SMILES string of the molecule is COc1cc(OCc2csc(Nc3cc(C)ccc3F)n2)c2cc(-c3cn4nc(C)ccc4n3)oc2c1. The van der Waals surface area contributed by atoms with Crippen molar-refractivity contribution in [3.63, 3.8) is 0 Å². The van der Waals surface area contributed by atoms with Crippen LogP contribution >= 0.6 is 11.3 Å². The lowest BCUT2D eigenvalue weighted by Gasteiger charge is -2.08. The second kappa shape index (κ2) is 9.21. The molecule has 6 aromatic rings. The van der Waals surface area contributed by atoms with Crippen molar-refractivity contribution in [3.8, 4) is 23.0 Å². The van der Waals surface area contributed by atoms with E-state index in [4.69, 9.17) is 13.9 Å². The Balaban J connectivity index is 1.26. The normalized spacial score (nSPS) is 11.4. The highest BCUT2D eigenvalue weighted by molar-refractivity contribution is 7.13. The van der Waals surface area contributed by atoms with Crippen molar-refractivity contribution in [2.45, 2.75) is 20.5 Å². The van der Waals surface area contributed by atoms with Gasteiger partial charge in [0.1, 0.15) is 35.2 Å². The summed E-state index contributed by atoms with van der Waals surface area (Å²) in [4.78, 5) is 9.17. The molecule has 10 heteroatoms. The van der Waals surface area contributed by atoms with Crippen molar-refractivity contribution in [1.29, 1.82) is 0 Å². The number of halogens is 1. The van der Waals surface area contributed by atoms with E-state index in [-0.39, 0.29) is 12.4 Å². The summed E-state index contributed by atoms with van der Waals surface area (Å²) in [5.74, 6) is 1.46. The Morgan fingerprint density at radius 3 is 2.84 bits per heavy atom. The van der Waals surface area contributed by atoms with Crippen molar-refractivity contribution in [2.24, 2.45) is 0 Å². The monoisotopic (exact) mass is 515 g/mol. The predicted molar refractivity (Wildman–Crippen MR) is 140 cm³/mol. The average Bonchev–Trinajstić information content (AvgIpc) is 3.62. The van der Waals surface area contributed by atoms with Gasteiger partial charge in [-0.1, -0.05) is 6.07 Å². The minimum atomic E-state index is -0.329. The van der Waals surface area contributed by atoms with Gasteiger partial charge in [-0.05, 0) is 49.7 Å². The van der Waals surface area contributed by atoms with Crippen molar-refractivity contribution in [3.05, 3.63) is 82.9 Å². The molecular formula is C27H22FN5O3S. The van der Waals surface area contributed by atoms with Crippen LogP contribution in [-0.2, 0) is 6.61 Å². The van der Waals surface area contributed by atoms with Crippen molar-refractivity contribution in [1.82, 2.24) is 19.6 Å². The molecule has 4 aromatic heterocycles. The summed E-state index contributed by atoms with van der Waals surface area (Å²) >= 11 is 1.38. The Hall–Kier alpha value is -4.44. The van der Waals surface area contributed by atoms with E-state index < -0.39 is 0 Å². The van der Waals surface area contributed by atoms with E-state index in [0.29, 0.717) is 45.0 Å². The number of nitrogens with one attached hydrogen (secondary N) is 1. The van der Waals surface area contributed by atoms with Gasteiger partial charge in [0.05, 0.1) is 35.8 Å². The second-order valence-corrected chi connectivity index (χ2v) is 9.45. The zero-order valence-corrected chi connectivity index (χ0v) is 21.1. The van der Waals surface area contributed by atoms with Crippen LogP contribution in [0.2, 0.25) is 0 Å². The molecule has 2 aromatic carbocycles. The predicted octanol–water partition coefficient (Wildman–Crippen LogP) is 6.69. The van der Waals surface area contributed by atoms with E-state index in [1.165, 1.54) is 17.4 Å². The maximum Gasteiger partial charge on any atom is 0.187 e. The van der Waals surface area contributed by atoms with Gasteiger partial charge in [-0.2, -0.15) is 5.10 Å². The molecule has 37 heavy (non-hydrogen) atoms. The molecule has 4 heterocycles. The summed E-state index contributed by atoms with van der Waals surface area (Å²) in [6.07, 6.45) is 1.83. The molecule has 1 N–H and O–H groups in total. The number of hydrogen-bond acceptors (Lipinski definition) is 8. The van der Waals surface area contributed by atoms with Gasteiger partial charge in [-0.15, -0.1) is 11.3 Å². The first-order valence-corrected chi connectivity index (χ1v) is 12.4. The van der Waals surface area contributed by atoms with Crippen LogP contribution in [0.5, 0.6) is 11.5 Å². The standard InChI is InChI=1S/C27H22FN5O3S/c1-15-4-6-20(28)21(8-15)31-27-29-17(14-37-27)13-35-23-9-18(34-3)10-24-19(23)11-25(36-24)22-12-33-26(30-22)7-5-16(2)32-33/h4-12,14H,13H2,1-3H3,(H,29,31). The molecule has 0 aliphatic carbocycles. The van der Waals surface area contributed by atoms with Crippen LogP contribution in [0.4, 0.5) is 15.2 Å². The third kappa shape index (κ3) is 4.58. The number of fused-ring (bicyclic) bond motifs is 2. The lowest BCUT2D eigenvalue weighted by Crippen LogP contribution is -1.98. The molecule has 0 unspecified atom stereocenters. The quantitative estimate of drug-likeness (QED) is 0.254. The van der Waals surface area contributed by atoms with E-state index >= 15 is 0 Å². The molecule has 0 amide bonds. The molecular weight excluding hydrogens is 493 g/mol. The molecule has 8 nitrogen and oxygen atoms in total. The molecule has 0 fully saturated rings. The van der Waals surface area contributed by atoms with E-state index in [0.717, 1.165) is 22.3 Å². The highest BCUT2D eigenvalue weighted by Crippen LogP contribution is 2.37. The van der Waals surface area contributed by atoms with E-state index in [1.54, 1.807) is 23.8 Å². The zero-order valence-electron chi connectivity index (χ0n) is 20.3. The van der Waals surface area contributed by atoms with Crippen LogP contribution in [-0.4, -0.2) is 26.7 Å². The average molecular weight is 516 g/mol. The number of furan rings is 1. The van der Waals surface area contributed by atoms with Crippen LogP contribution in [0.15, 0.2) is 64.5 Å². The minimum Gasteiger partial charge on any atom is -0.496 e. The molecule has 0 atom stereocenters. The molecule has 0 aliphatic rings. The number of anilines is 2. The van der Waals surface area contributed by atoms with Gasteiger partial charge in [0.15, 0.2) is 16.5 Å². The number of rotatable bonds is 7. The summed E-state index contributed by atoms with van der Waals surface area (Å²) < 4.78 is 33.6. The third-order valence-electron chi connectivity index (χ3n) is 5.81. The van der Waals surface area contributed by atoms with Gasteiger partial charge in [-0.25, -0.2) is 18.9 Å². The number of methoxy groups -OCH3 is 1. The molecule has 0 bridgehead atoms. The third-order valence-corrected chi connectivity index (χ3v) is 6.61. The number of imidazole rings is 1. The Morgan fingerprint density at radius 1 is 1.08 bits per heavy atom. The first kappa shape index (κ1) is 23.0. The van der Waals surface area contributed by atoms with Crippen LogP contribution in [0.3, 0.4) is 0 Å². The van der Waals surface area contributed by atoms with Crippen molar-refractivity contribution >= 4 is 38.8 Å². The second-order valence-electron chi connectivity index (χ2n) is 8.59. The fourth-order valence-electron chi connectivity index (χ4n) is 3.98. The molecule has 0 aliphatic heterocycles. The number of aryl methyl sites for hydroxylation is 2. The van der Waals surface area contributed by atoms with Crippen LogP contribution < -0.4 is 14.8 Å². The Bertz CT molecular complexity index is 1760. The highest BCUT2D eigenvalue weighted by Gasteiger charge is 2.16. The van der Waals surface area contributed by atoms with Crippen LogP contribution in [0, 0.1) is 19.7 Å². The summed E-state index contributed by atoms with van der Waals surface area (Å²) in [5.41, 5.74) is 4.96. The molecule has 186 valence electrons. The number of thiazole rings is 1. The van der Waals surface area contributed by atoms with Crippen LogP contribution in [0.1, 0.15) is 17.0 Å². The lowest BCUT2D eigenvalue weighted by molar-refractivity contribution is 0.303. The fraction of sp³-hybridized carbons (Fsp3) is 0.148. The Morgan fingerprint density at radius 2 is 1.97 bits per heavy atom. The van der Waals surface area contributed by atoms with Crippen molar-refractivity contribution < 1.29 is 18.3 Å². The van der Waals surface area contributed by atoms with Gasteiger partial charge >= 0.3 is 0 Å². The van der Waals surface area contributed by atoms with Gasteiger partial charge in [0, 0.05) is 17.5 Å². The maximum absolute atomic E-state index is 14.1. The number of aromatic nitrogens is 4. The number of benzene rings is 2.